The molecule has 0 amide bonds. The molecule has 3 nitrogen and oxygen atoms in total. The molecule has 2 rings (SSSR count). The van der Waals surface area contributed by atoms with E-state index in [1.165, 1.54) is 32.1 Å². The monoisotopic (exact) mass is 297 g/mol. The van der Waals surface area contributed by atoms with E-state index < -0.39 is 11.6 Å². The van der Waals surface area contributed by atoms with Gasteiger partial charge in [-0.3, -0.25) is 0 Å². The summed E-state index contributed by atoms with van der Waals surface area (Å²) in [4.78, 5) is 4.00. The van der Waals surface area contributed by atoms with Crippen molar-refractivity contribution in [2.75, 3.05) is 23.7 Å². The Labute approximate surface area is 125 Å². The molecule has 0 aliphatic heterocycles. The molecule has 1 saturated carbocycles. The van der Waals surface area contributed by atoms with E-state index in [1.807, 2.05) is 6.92 Å². The van der Waals surface area contributed by atoms with Gasteiger partial charge in [-0.25, -0.2) is 13.8 Å². The topological polar surface area (TPSA) is 37.0 Å². The predicted molar refractivity (Wildman–Crippen MR) is 82.5 cm³/mol. The largest absolute Gasteiger partial charge is 0.368 e. The normalized spacial score (nSPS) is 22.1. The zero-order valence-corrected chi connectivity index (χ0v) is 12.9. The van der Waals surface area contributed by atoms with E-state index in [4.69, 9.17) is 0 Å². The maximum Gasteiger partial charge on any atom is 0.168 e. The minimum Gasteiger partial charge on any atom is -0.368 e. The van der Waals surface area contributed by atoms with E-state index in [0.29, 0.717) is 19.0 Å². The van der Waals surface area contributed by atoms with Gasteiger partial charge in [-0.1, -0.05) is 26.2 Å². The smallest absolute Gasteiger partial charge is 0.168 e. The molecule has 0 unspecified atom stereocenters. The van der Waals surface area contributed by atoms with E-state index in [1.54, 1.807) is 0 Å². The first-order valence-electron chi connectivity index (χ1n) is 7.97. The number of pyridine rings is 1. The number of nitrogens with zero attached hydrogens (tertiary/aromatic N) is 1. The third-order valence-corrected chi connectivity index (χ3v) is 4.38. The molecule has 5 heteroatoms. The van der Waals surface area contributed by atoms with E-state index in [9.17, 15) is 8.78 Å². The van der Waals surface area contributed by atoms with E-state index in [0.717, 1.165) is 12.0 Å². The maximum absolute atomic E-state index is 13.7. The highest BCUT2D eigenvalue weighted by atomic mass is 19.1. The van der Waals surface area contributed by atoms with Crippen LogP contribution in [0.1, 0.15) is 46.0 Å². The molecule has 1 aliphatic carbocycles. The minimum atomic E-state index is -0.650. The maximum atomic E-state index is 13.7. The van der Waals surface area contributed by atoms with Crippen LogP contribution in [0.2, 0.25) is 0 Å². The Morgan fingerprint density at radius 3 is 2.14 bits per heavy atom. The number of hydrogen-bond acceptors (Lipinski definition) is 3. The molecule has 0 bridgehead atoms. The molecule has 1 fully saturated rings. The Morgan fingerprint density at radius 1 is 1.00 bits per heavy atom. The van der Waals surface area contributed by atoms with E-state index >= 15 is 0 Å². The Morgan fingerprint density at radius 2 is 1.57 bits per heavy atom. The number of rotatable bonds is 6. The lowest BCUT2D eigenvalue weighted by Gasteiger charge is -2.28. The lowest BCUT2D eigenvalue weighted by atomic mass is 9.81. The van der Waals surface area contributed by atoms with Crippen LogP contribution < -0.4 is 10.6 Å². The van der Waals surface area contributed by atoms with Crippen LogP contribution in [-0.4, -0.2) is 18.1 Å². The third kappa shape index (κ3) is 4.29. The van der Waals surface area contributed by atoms with Crippen LogP contribution >= 0.6 is 0 Å². The first kappa shape index (κ1) is 16.0. The fraction of sp³-hybridized carbons (Fsp3) is 0.688. The van der Waals surface area contributed by atoms with Gasteiger partial charge in [-0.05, 0) is 31.6 Å². The molecule has 1 heterocycles. The number of aromatic nitrogens is 1. The van der Waals surface area contributed by atoms with Crippen molar-refractivity contribution in [1.82, 2.24) is 4.98 Å². The van der Waals surface area contributed by atoms with Crippen LogP contribution in [0.15, 0.2) is 6.07 Å². The number of anilines is 2. The third-order valence-electron chi connectivity index (χ3n) is 4.38. The summed E-state index contributed by atoms with van der Waals surface area (Å²) in [6.45, 7) is 5.35. The summed E-state index contributed by atoms with van der Waals surface area (Å²) < 4.78 is 27.3. The Kier molecular flexibility index (Phi) is 5.76. The van der Waals surface area contributed by atoms with Gasteiger partial charge in [0.15, 0.2) is 23.3 Å². The second-order valence-electron chi connectivity index (χ2n) is 5.86. The quantitative estimate of drug-likeness (QED) is 0.816. The summed E-state index contributed by atoms with van der Waals surface area (Å²) in [6.07, 6.45) is 6.11. The second-order valence-corrected chi connectivity index (χ2v) is 5.86. The van der Waals surface area contributed by atoms with Crippen molar-refractivity contribution in [3.8, 4) is 0 Å². The molecule has 118 valence electrons. The average molecular weight is 297 g/mol. The first-order chi connectivity index (χ1) is 10.1. The molecular weight excluding hydrogens is 272 g/mol. The number of nitrogens with one attached hydrogen (secondary N) is 2. The fourth-order valence-electron chi connectivity index (χ4n) is 2.97. The van der Waals surface area contributed by atoms with Crippen LogP contribution in [-0.2, 0) is 0 Å². The first-order valence-corrected chi connectivity index (χ1v) is 7.97. The summed E-state index contributed by atoms with van der Waals surface area (Å²) in [5, 5.41) is 5.85. The number of halogens is 2. The SMILES string of the molecule is CCNc1nc(NCC2CCC(CC)CC2)c(F)cc1F. The molecule has 1 aromatic rings. The molecule has 0 spiro atoms. The number of hydrogen-bond donors (Lipinski definition) is 2. The minimum absolute atomic E-state index is 0.107. The van der Waals surface area contributed by atoms with Crippen molar-refractivity contribution in [1.29, 1.82) is 0 Å². The summed E-state index contributed by atoms with van der Waals surface area (Å²) in [7, 11) is 0. The van der Waals surface area contributed by atoms with Gasteiger partial charge < -0.3 is 10.6 Å². The van der Waals surface area contributed by atoms with Gasteiger partial charge in [0.05, 0.1) is 0 Å². The van der Waals surface area contributed by atoms with Gasteiger partial charge in [-0.2, -0.15) is 0 Å². The molecule has 0 radical (unpaired) electrons. The standard InChI is InChI=1S/C16H25F2N3/c1-3-11-5-7-12(8-6-11)10-20-16-14(18)9-13(17)15(21-16)19-4-2/h9,11-12H,3-8,10H2,1-2H3,(H2,19,20,21). The predicted octanol–water partition coefficient (Wildman–Crippen LogP) is 4.42. The van der Waals surface area contributed by atoms with Gasteiger partial charge >= 0.3 is 0 Å². The fourth-order valence-corrected chi connectivity index (χ4v) is 2.97. The van der Waals surface area contributed by atoms with Crippen molar-refractivity contribution in [2.24, 2.45) is 11.8 Å². The van der Waals surface area contributed by atoms with Gasteiger partial charge in [0.2, 0.25) is 0 Å². The lowest BCUT2D eigenvalue weighted by Crippen LogP contribution is -2.22. The molecular formula is C16H25F2N3. The Hall–Kier alpha value is -1.39. The Bertz CT molecular complexity index is 457. The highest BCUT2D eigenvalue weighted by Gasteiger charge is 2.20. The summed E-state index contributed by atoms with van der Waals surface area (Å²) in [6, 6.07) is 0.890. The highest BCUT2D eigenvalue weighted by molar-refractivity contribution is 5.47. The van der Waals surface area contributed by atoms with E-state index in [-0.39, 0.29) is 11.6 Å². The zero-order valence-electron chi connectivity index (χ0n) is 12.9. The molecule has 1 aromatic heterocycles. The second kappa shape index (κ2) is 7.57. The molecule has 21 heavy (non-hydrogen) atoms. The van der Waals surface area contributed by atoms with Gasteiger partial charge in [0, 0.05) is 19.2 Å². The molecule has 0 aromatic carbocycles. The van der Waals surface area contributed by atoms with Crippen LogP contribution in [0.5, 0.6) is 0 Å². The van der Waals surface area contributed by atoms with Crippen molar-refractivity contribution in [2.45, 2.75) is 46.0 Å². The highest BCUT2D eigenvalue weighted by Crippen LogP contribution is 2.31. The Balaban J connectivity index is 1.92. The van der Waals surface area contributed by atoms with Gasteiger partial charge in [-0.15, -0.1) is 0 Å². The van der Waals surface area contributed by atoms with Crippen molar-refractivity contribution in [3.63, 3.8) is 0 Å². The van der Waals surface area contributed by atoms with Crippen LogP contribution in [0.3, 0.4) is 0 Å². The molecule has 0 saturated heterocycles. The average Bonchev–Trinajstić information content (AvgIpc) is 2.49. The van der Waals surface area contributed by atoms with E-state index in [2.05, 4.69) is 22.5 Å². The van der Waals surface area contributed by atoms with Gasteiger partial charge in [0.25, 0.3) is 0 Å². The van der Waals surface area contributed by atoms with Crippen LogP contribution in [0, 0.1) is 23.5 Å². The van der Waals surface area contributed by atoms with Crippen LogP contribution in [0.25, 0.3) is 0 Å². The zero-order chi connectivity index (χ0) is 15.2. The lowest BCUT2D eigenvalue weighted by molar-refractivity contribution is 0.278. The van der Waals surface area contributed by atoms with Crippen LogP contribution in [0.4, 0.5) is 20.4 Å². The van der Waals surface area contributed by atoms with Crippen molar-refractivity contribution in [3.05, 3.63) is 17.7 Å². The van der Waals surface area contributed by atoms with Gasteiger partial charge in [0.1, 0.15) is 0 Å². The summed E-state index contributed by atoms with van der Waals surface area (Å²) in [5.41, 5.74) is 0. The summed E-state index contributed by atoms with van der Waals surface area (Å²) >= 11 is 0. The summed E-state index contributed by atoms with van der Waals surface area (Å²) in [5.74, 6) is 0.379. The molecule has 0 atom stereocenters. The van der Waals surface area contributed by atoms with Crippen molar-refractivity contribution >= 4 is 11.6 Å². The van der Waals surface area contributed by atoms with Crippen molar-refractivity contribution < 1.29 is 8.78 Å². The molecule has 2 N–H and O–H groups in total. The molecule has 1 aliphatic rings.